The van der Waals surface area contributed by atoms with E-state index in [1.165, 1.54) is 0 Å². The first-order valence-corrected chi connectivity index (χ1v) is 7.99. The van der Waals surface area contributed by atoms with Gasteiger partial charge in [-0.05, 0) is 18.2 Å². The van der Waals surface area contributed by atoms with E-state index < -0.39 is 10.0 Å². The van der Waals surface area contributed by atoms with Crippen LogP contribution in [-0.2, 0) is 10.0 Å². The molecule has 0 N–H and O–H groups in total. The Balaban J connectivity index is 2.03. The first kappa shape index (κ1) is 14.2. The fourth-order valence-electron chi connectivity index (χ4n) is 2.13. The van der Waals surface area contributed by atoms with E-state index in [9.17, 15) is 8.42 Å². The molecule has 1 aliphatic heterocycles. The second-order valence-electron chi connectivity index (χ2n) is 4.93. The molecule has 0 unspecified atom stereocenters. The zero-order chi connectivity index (χ0) is 13.9. The van der Waals surface area contributed by atoms with E-state index in [0.717, 1.165) is 18.7 Å². The largest absolute Gasteiger partial charge is 0.304 e. The van der Waals surface area contributed by atoms with E-state index >= 15 is 0 Å². The standard InChI is InChI=1S/C14H20N2O2S/c1-13(14-6-4-3-5-7-14)12-19(17,18)16-10-8-15(2)9-11-16/h3-7H,1,8-12H2,2H3. The average molecular weight is 280 g/mol. The third kappa shape index (κ3) is 3.65. The van der Waals surface area contributed by atoms with Crippen molar-refractivity contribution in [2.24, 2.45) is 0 Å². The van der Waals surface area contributed by atoms with E-state index in [4.69, 9.17) is 0 Å². The van der Waals surface area contributed by atoms with Crippen LogP contribution in [0.15, 0.2) is 36.9 Å². The lowest BCUT2D eigenvalue weighted by Gasteiger charge is -2.31. The van der Waals surface area contributed by atoms with Crippen LogP contribution in [0.5, 0.6) is 0 Å². The number of sulfonamides is 1. The maximum absolute atomic E-state index is 12.3. The van der Waals surface area contributed by atoms with E-state index in [-0.39, 0.29) is 5.75 Å². The van der Waals surface area contributed by atoms with Gasteiger partial charge in [0.1, 0.15) is 0 Å². The lowest BCUT2D eigenvalue weighted by molar-refractivity contribution is 0.223. The van der Waals surface area contributed by atoms with Crippen LogP contribution in [0.2, 0.25) is 0 Å². The van der Waals surface area contributed by atoms with Gasteiger partial charge in [-0.3, -0.25) is 0 Å². The molecule has 0 atom stereocenters. The Morgan fingerprint density at radius 3 is 2.32 bits per heavy atom. The van der Waals surface area contributed by atoms with Gasteiger partial charge in [-0.1, -0.05) is 36.9 Å². The Bertz CT molecular complexity index is 532. The van der Waals surface area contributed by atoms with Crippen LogP contribution in [0.1, 0.15) is 5.56 Å². The van der Waals surface area contributed by atoms with Crippen LogP contribution in [0, 0.1) is 0 Å². The van der Waals surface area contributed by atoms with Gasteiger partial charge in [0.15, 0.2) is 0 Å². The highest BCUT2D eigenvalue weighted by Gasteiger charge is 2.26. The second kappa shape index (κ2) is 5.86. The van der Waals surface area contributed by atoms with Crippen molar-refractivity contribution in [2.75, 3.05) is 39.0 Å². The molecule has 0 bridgehead atoms. The molecule has 0 radical (unpaired) electrons. The highest BCUT2D eigenvalue weighted by molar-refractivity contribution is 7.89. The van der Waals surface area contributed by atoms with Gasteiger partial charge in [0.05, 0.1) is 5.75 Å². The van der Waals surface area contributed by atoms with Gasteiger partial charge >= 0.3 is 0 Å². The smallest absolute Gasteiger partial charge is 0.218 e. The number of piperazine rings is 1. The summed E-state index contributed by atoms with van der Waals surface area (Å²) in [6.45, 7) is 6.62. The SMILES string of the molecule is C=C(CS(=O)(=O)N1CCN(C)CC1)c1ccccc1. The second-order valence-corrected chi connectivity index (χ2v) is 6.90. The molecule has 5 heteroatoms. The maximum atomic E-state index is 12.3. The van der Waals surface area contributed by atoms with Gasteiger partial charge in [0.25, 0.3) is 0 Å². The fraction of sp³-hybridized carbons (Fsp3) is 0.429. The summed E-state index contributed by atoms with van der Waals surface area (Å²) in [5.41, 5.74) is 1.54. The van der Waals surface area contributed by atoms with E-state index in [1.54, 1.807) is 4.31 Å². The van der Waals surface area contributed by atoms with Gasteiger partial charge in [0.2, 0.25) is 10.0 Å². The van der Waals surface area contributed by atoms with Gasteiger partial charge in [-0.15, -0.1) is 0 Å². The Morgan fingerprint density at radius 1 is 1.16 bits per heavy atom. The number of benzene rings is 1. The molecule has 0 saturated carbocycles. The molecular weight excluding hydrogens is 260 g/mol. The molecule has 1 saturated heterocycles. The molecule has 0 amide bonds. The minimum Gasteiger partial charge on any atom is -0.304 e. The maximum Gasteiger partial charge on any atom is 0.218 e. The minimum absolute atomic E-state index is 0.000722. The Kier molecular flexibility index (Phi) is 4.39. The predicted octanol–water partition coefficient (Wildman–Crippen LogP) is 1.28. The lowest BCUT2D eigenvalue weighted by atomic mass is 10.1. The molecular formula is C14H20N2O2S. The van der Waals surface area contributed by atoms with E-state index in [0.29, 0.717) is 18.7 Å². The topological polar surface area (TPSA) is 40.6 Å². The Labute approximate surface area is 115 Å². The van der Waals surface area contributed by atoms with Crippen molar-refractivity contribution < 1.29 is 8.42 Å². The monoisotopic (exact) mass is 280 g/mol. The van der Waals surface area contributed by atoms with Gasteiger partial charge in [-0.25, -0.2) is 8.42 Å². The van der Waals surface area contributed by atoms with Gasteiger partial charge in [0, 0.05) is 26.2 Å². The lowest BCUT2D eigenvalue weighted by Crippen LogP contribution is -2.47. The van der Waals surface area contributed by atoms with E-state index in [1.807, 2.05) is 37.4 Å². The normalized spacial score (nSPS) is 18.4. The van der Waals surface area contributed by atoms with Gasteiger partial charge < -0.3 is 4.90 Å². The van der Waals surface area contributed by atoms with Gasteiger partial charge in [-0.2, -0.15) is 4.31 Å². The number of nitrogens with zero attached hydrogens (tertiary/aromatic N) is 2. The molecule has 1 aliphatic rings. The van der Waals surface area contributed by atoms with Crippen LogP contribution in [-0.4, -0.2) is 56.6 Å². The number of rotatable bonds is 4. The number of hydrogen-bond acceptors (Lipinski definition) is 3. The van der Waals surface area contributed by atoms with Crippen molar-refractivity contribution in [3.05, 3.63) is 42.5 Å². The van der Waals surface area contributed by atoms with Crippen molar-refractivity contribution in [1.82, 2.24) is 9.21 Å². The summed E-state index contributed by atoms with van der Waals surface area (Å²) in [6, 6.07) is 9.47. The minimum atomic E-state index is -3.25. The third-order valence-corrected chi connectivity index (χ3v) is 5.26. The highest BCUT2D eigenvalue weighted by Crippen LogP contribution is 2.17. The predicted molar refractivity (Wildman–Crippen MR) is 78.3 cm³/mol. The van der Waals surface area contributed by atoms with Crippen LogP contribution >= 0.6 is 0 Å². The summed E-state index contributed by atoms with van der Waals surface area (Å²) < 4.78 is 26.2. The zero-order valence-electron chi connectivity index (χ0n) is 11.2. The summed E-state index contributed by atoms with van der Waals surface area (Å²) >= 11 is 0. The summed E-state index contributed by atoms with van der Waals surface area (Å²) in [5, 5.41) is 0. The zero-order valence-corrected chi connectivity index (χ0v) is 12.1. The summed E-state index contributed by atoms with van der Waals surface area (Å²) in [4.78, 5) is 2.14. The molecule has 1 fully saturated rings. The quantitative estimate of drug-likeness (QED) is 0.834. The molecule has 4 nitrogen and oxygen atoms in total. The van der Waals surface area contributed by atoms with Crippen molar-refractivity contribution in [3.63, 3.8) is 0 Å². The van der Waals surface area contributed by atoms with Crippen molar-refractivity contribution in [3.8, 4) is 0 Å². The summed E-state index contributed by atoms with van der Waals surface area (Å²) in [5.74, 6) is 0.000722. The molecule has 1 aromatic carbocycles. The third-order valence-electron chi connectivity index (χ3n) is 3.39. The molecule has 19 heavy (non-hydrogen) atoms. The van der Waals surface area contributed by atoms with Crippen LogP contribution in [0.25, 0.3) is 5.57 Å². The average Bonchev–Trinajstić information content (AvgIpc) is 2.40. The molecule has 104 valence electrons. The van der Waals surface area contributed by atoms with Crippen molar-refractivity contribution in [2.45, 2.75) is 0 Å². The Morgan fingerprint density at radius 2 is 1.74 bits per heavy atom. The highest BCUT2D eigenvalue weighted by atomic mass is 32.2. The molecule has 1 aromatic rings. The van der Waals surface area contributed by atoms with Crippen LogP contribution in [0.4, 0.5) is 0 Å². The van der Waals surface area contributed by atoms with Crippen LogP contribution in [0.3, 0.4) is 0 Å². The molecule has 1 heterocycles. The molecule has 0 aromatic heterocycles. The number of hydrogen-bond donors (Lipinski definition) is 0. The van der Waals surface area contributed by atoms with Crippen molar-refractivity contribution >= 4 is 15.6 Å². The summed E-state index contributed by atoms with van der Waals surface area (Å²) in [6.07, 6.45) is 0. The first-order chi connectivity index (χ1) is 8.99. The van der Waals surface area contributed by atoms with Crippen LogP contribution < -0.4 is 0 Å². The molecule has 2 rings (SSSR count). The summed E-state index contributed by atoms with van der Waals surface area (Å²) in [7, 11) is -1.24. The van der Waals surface area contributed by atoms with Crippen molar-refractivity contribution in [1.29, 1.82) is 0 Å². The molecule has 0 spiro atoms. The number of likely N-dealkylation sites (N-methyl/N-ethyl adjacent to an activating group) is 1. The fourth-order valence-corrected chi connectivity index (χ4v) is 3.64. The van der Waals surface area contributed by atoms with E-state index in [2.05, 4.69) is 11.5 Å². The Hall–Kier alpha value is -1.17. The molecule has 0 aliphatic carbocycles. The first-order valence-electron chi connectivity index (χ1n) is 6.38.